The highest BCUT2D eigenvalue weighted by atomic mass is 32.2. The van der Waals surface area contributed by atoms with E-state index in [1.165, 1.54) is 0 Å². The quantitative estimate of drug-likeness (QED) is 0.680. The molecule has 0 aliphatic carbocycles. The standard InChI is InChI=1S/C20H23N5O2S/c1-23-15-16(13-22-23)18-14-21-19-20(9-12-25(18)19)7-10-24(11-8-20)28(26,27)17-5-3-2-4-6-17/h2-6,13-15H,7-12H2,1H3. The molecule has 2 aromatic heterocycles. The van der Waals surface area contributed by atoms with Crippen molar-refractivity contribution in [2.75, 3.05) is 13.1 Å². The molecular formula is C20H23N5O2S. The Morgan fingerprint density at radius 2 is 1.71 bits per heavy atom. The smallest absolute Gasteiger partial charge is 0.243 e. The molecule has 1 spiro atoms. The normalized spacial score (nSPS) is 19.2. The molecule has 8 heteroatoms. The fourth-order valence-corrected chi connectivity index (χ4v) is 6.08. The van der Waals surface area contributed by atoms with Crippen molar-refractivity contribution < 1.29 is 8.42 Å². The fraction of sp³-hybridized carbons (Fsp3) is 0.400. The number of piperidine rings is 1. The van der Waals surface area contributed by atoms with Gasteiger partial charge in [0.05, 0.1) is 23.0 Å². The number of nitrogens with zero attached hydrogens (tertiary/aromatic N) is 5. The van der Waals surface area contributed by atoms with E-state index in [0.29, 0.717) is 18.0 Å². The third kappa shape index (κ3) is 2.62. The van der Waals surface area contributed by atoms with E-state index in [1.54, 1.807) is 33.3 Å². The molecule has 0 atom stereocenters. The SMILES string of the molecule is Cn1cc(-c2cnc3n2CCC32CCN(S(=O)(=O)c3ccccc3)CC2)cn1. The summed E-state index contributed by atoms with van der Waals surface area (Å²) in [5, 5.41) is 4.27. The van der Waals surface area contributed by atoms with E-state index in [2.05, 4.69) is 9.67 Å². The van der Waals surface area contributed by atoms with E-state index in [4.69, 9.17) is 4.98 Å². The van der Waals surface area contributed by atoms with Gasteiger partial charge in [-0.25, -0.2) is 13.4 Å². The Bertz CT molecular complexity index is 1110. The van der Waals surface area contributed by atoms with E-state index in [0.717, 1.165) is 42.9 Å². The lowest BCUT2D eigenvalue weighted by Gasteiger charge is -2.37. The summed E-state index contributed by atoms with van der Waals surface area (Å²) in [5.41, 5.74) is 2.14. The lowest BCUT2D eigenvalue weighted by atomic mass is 9.77. The molecule has 0 N–H and O–H groups in total. The Kier molecular flexibility index (Phi) is 3.96. The third-order valence-electron chi connectivity index (χ3n) is 6.21. The van der Waals surface area contributed by atoms with Crippen LogP contribution in [0.2, 0.25) is 0 Å². The minimum atomic E-state index is -3.43. The number of aryl methyl sites for hydroxylation is 1. The van der Waals surface area contributed by atoms with Gasteiger partial charge in [0.2, 0.25) is 10.0 Å². The zero-order valence-electron chi connectivity index (χ0n) is 15.8. The molecule has 28 heavy (non-hydrogen) atoms. The number of hydrogen-bond donors (Lipinski definition) is 0. The van der Waals surface area contributed by atoms with Crippen molar-refractivity contribution in [3.05, 3.63) is 54.7 Å². The molecule has 0 saturated carbocycles. The summed E-state index contributed by atoms with van der Waals surface area (Å²) in [5.74, 6) is 1.10. The first-order chi connectivity index (χ1) is 13.5. The van der Waals surface area contributed by atoms with Gasteiger partial charge in [-0.05, 0) is 31.4 Å². The fourth-order valence-electron chi connectivity index (χ4n) is 4.62. The van der Waals surface area contributed by atoms with Crippen LogP contribution in [-0.2, 0) is 29.0 Å². The zero-order valence-corrected chi connectivity index (χ0v) is 16.6. The number of imidazole rings is 1. The number of hydrogen-bond acceptors (Lipinski definition) is 4. The summed E-state index contributed by atoms with van der Waals surface area (Å²) in [7, 11) is -1.51. The lowest BCUT2D eigenvalue weighted by molar-refractivity contribution is 0.228. The van der Waals surface area contributed by atoms with Crippen molar-refractivity contribution in [3.63, 3.8) is 0 Å². The van der Waals surface area contributed by atoms with Crippen LogP contribution in [0.15, 0.2) is 53.8 Å². The van der Waals surface area contributed by atoms with E-state index in [9.17, 15) is 8.42 Å². The highest BCUT2D eigenvalue weighted by Crippen LogP contribution is 2.45. The van der Waals surface area contributed by atoms with Crippen LogP contribution in [0, 0.1) is 0 Å². The van der Waals surface area contributed by atoms with Crippen LogP contribution in [0.3, 0.4) is 0 Å². The number of aromatic nitrogens is 4. The van der Waals surface area contributed by atoms with Gasteiger partial charge in [0.1, 0.15) is 5.82 Å². The minimum Gasteiger partial charge on any atom is -0.327 e. The maximum Gasteiger partial charge on any atom is 0.243 e. The molecule has 1 saturated heterocycles. The molecule has 7 nitrogen and oxygen atoms in total. The van der Waals surface area contributed by atoms with Gasteiger partial charge in [0.15, 0.2) is 0 Å². The molecule has 0 radical (unpaired) electrons. The van der Waals surface area contributed by atoms with Gasteiger partial charge in [-0.15, -0.1) is 0 Å². The summed E-state index contributed by atoms with van der Waals surface area (Å²) in [6.45, 7) is 1.99. The van der Waals surface area contributed by atoms with Gasteiger partial charge in [-0.2, -0.15) is 9.40 Å². The third-order valence-corrected chi connectivity index (χ3v) is 8.12. The van der Waals surface area contributed by atoms with Gasteiger partial charge in [-0.1, -0.05) is 18.2 Å². The van der Waals surface area contributed by atoms with E-state index < -0.39 is 10.0 Å². The van der Waals surface area contributed by atoms with Crippen LogP contribution in [0.4, 0.5) is 0 Å². The minimum absolute atomic E-state index is 0.0246. The molecule has 0 bridgehead atoms. The molecule has 2 aliphatic rings. The molecule has 5 rings (SSSR count). The van der Waals surface area contributed by atoms with Crippen LogP contribution < -0.4 is 0 Å². The maximum atomic E-state index is 12.9. The molecule has 1 fully saturated rings. The lowest BCUT2D eigenvalue weighted by Crippen LogP contribution is -2.44. The highest BCUT2D eigenvalue weighted by Gasteiger charge is 2.45. The Morgan fingerprint density at radius 3 is 2.39 bits per heavy atom. The van der Waals surface area contributed by atoms with E-state index in [1.807, 2.05) is 31.7 Å². The van der Waals surface area contributed by atoms with Gasteiger partial charge >= 0.3 is 0 Å². The number of sulfonamides is 1. The molecule has 0 unspecified atom stereocenters. The molecule has 2 aliphatic heterocycles. The van der Waals surface area contributed by atoms with Gasteiger partial charge < -0.3 is 4.57 Å². The average Bonchev–Trinajstić information content (AvgIpc) is 3.41. The zero-order chi connectivity index (χ0) is 19.4. The number of rotatable bonds is 3. The number of fused-ring (bicyclic) bond motifs is 2. The molecule has 0 amide bonds. The highest BCUT2D eigenvalue weighted by molar-refractivity contribution is 7.89. The second-order valence-corrected chi connectivity index (χ2v) is 9.71. The topological polar surface area (TPSA) is 73.0 Å². The first-order valence-electron chi connectivity index (χ1n) is 9.60. The van der Waals surface area contributed by atoms with Crippen molar-refractivity contribution in [2.45, 2.75) is 36.1 Å². The summed E-state index contributed by atoms with van der Waals surface area (Å²) >= 11 is 0. The summed E-state index contributed by atoms with van der Waals surface area (Å²) in [6, 6.07) is 8.71. The van der Waals surface area contributed by atoms with Crippen molar-refractivity contribution >= 4 is 10.0 Å². The molecular weight excluding hydrogens is 374 g/mol. The van der Waals surface area contributed by atoms with Gasteiger partial charge in [-0.3, -0.25) is 4.68 Å². The Morgan fingerprint density at radius 1 is 1.00 bits per heavy atom. The molecule has 146 valence electrons. The maximum absolute atomic E-state index is 12.9. The van der Waals surface area contributed by atoms with Gasteiger partial charge in [0, 0.05) is 43.9 Å². The molecule has 1 aromatic carbocycles. The second-order valence-electron chi connectivity index (χ2n) is 7.77. The van der Waals surface area contributed by atoms with Crippen LogP contribution in [0.1, 0.15) is 25.1 Å². The van der Waals surface area contributed by atoms with Crippen LogP contribution in [-0.4, -0.2) is 45.1 Å². The van der Waals surface area contributed by atoms with Crippen molar-refractivity contribution in [1.82, 2.24) is 23.6 Å². The first-order valence-corrected chi connectivity index (χ1v) is 11.0. The van der Waals surface area contributed by atoms with Crippen LogP contribution in [0.25, 0.3) is 11.3 Å². The summed E-state index contributed by atoms with van der Waals surface area (Å²) < 4.78 is 31.6. The van der Waals surface area contributed by atoms with Crippen molar-refractivity contribution in [3.8, 4) is 11.3 Å². The van der Waals surface area contributed by atoms with Crippen molar-refractivity contribution in [2.24, 2.45) is 7.05 Å². The second kappa shape index (κ2) is 6.28. The van der Waals surface area contributed by atoms with Gasteiger partial charge in [0.25, 0.3) is 0 Å². The Hall–Kier alpha value is -2.45. The summed E-state index contributed by atoms with van der Waals surface area (Å²) in [4.78, 5) is 5.14. The van der Waals surface area contributed by atoms with Crippen LogP contribution in [0.5, 0.6) is 0 Å². The number of benzene rings is 1. The van der Waals surface area contributed by atoms with Crippen LogP contribution >= 0.6 is 0 Å². The first kappa shape index (κ1) is 17.6. The average molecular weight is 398 g/mol. The predicted molar refractivity (Wildman–Crippen MR) is 105 cm³/mol. The van der Waals surface area contributed by atoms with Crippen molar-refractivity contribution in [1.29, 1.82) is 0 Å². The Balaban J connectivity index is 1.39. The van der Waals surface area contributed by atoms with E-state index in [-0.39, 0.29) is 5.41 Å². The molecule has 4 heterocycles. The monoisotopic (exact) mass is 397 g/mol. The largest absolute Gasteiger partial charge is 0.327 e. The summed E-state index contributed by atoms with van der Waals surface area (Å²) in [6.07, 6.45) is 8.43. The van der Waals surface area contributed by atoms with E-state index >= 15 is 0 Å². The molecule has 3 aromatic rings. The Labute approximate surface area is 164 Å². The predicted octanol–water partition coefficient (Wildman–Crippen LogP) is 2.41.